The normalized spacial score (nSPS) is 9.92. The first-order chi connectivity index (χ1) is 5.81. The maximum atomic E-state index is 6.81. The third-order valence-corrected chi connectivity index (χ3v) is 1.83. The van der Waals surface area contributed by atoms with E-state index in [4.69, 9.17) is 12.4 Å². The molecule has 1 aromatic carbocycles. The Morgan fingerprint density at radius 1 is 1.33 bits per heavy atom. The van der Waals surface area contributed by atoms with Crippen LogP contribution in [0.25, 0.3) is 15.7 Å². The second-order valence-electron chi connectivity index (χ2n) is 2.58. The highest BCUT2D eigenvalue weighted by Crippen LogP contribution is 2.20. The highest BCUT2D eigenvalue weighted by Gasteiger charge is 1.98. The quantitative estimate of drug-likeness (QED) is 0.460. The minimum atomic E-state index is 0.647. The Bertz CT molecular complexity index is 462. The molecule has 0 aliphatic heterocycles. The second-order valence-corrected chi connectivity index (χ2v) is 2.58. The van der Waals surface area contributed by atoms with Crippen LogP contribution >= 0.6 is 0 Å². The van der Waals surface area contributed by atoms with Gasteiger partial charge in [0.1, 0.15) is 0 Å². The molecular weight excluding hydrogens is 150 g/mol. The molecule has 0 radical (unpaired) electrons. The number of nitrogen functional groups attached to an aromatic ring is 1. The van der Waals surface area contributed by atoms with Crippen LogP contribution in [-0.2, 0) is 0 Å². The monoisotopic (exact) mass is 157 g/mol. The Kier molecular flexibility index (Phi) is 1.28. The van der Waals surface area contributed by atoms with Gasteiger partial charge in [-0.1, -0.05) is 6.07 Å². The van der Waals surface area contributed by atoms with Gasteiger partial charge in [0.25, 0.3) is 0 Å². The van der Waals surface area contributed by atoms with E-state index >= 15 is 0 Å². The number of nitrogens with two attached hydrogens (primary N) is 1. The van der Waals surface area contributed by atoms with Gasteiger partial charge >= 0.3 is 0 Å². The topological polar surface area (TPSA) is 35.3 Å². The van der Waals surface area contributed by atoms with Crippen molar-refractivity contribution in [2.24, 2.45) is 0 Å². The maximum Gasteiger partial charge on any atom is 0.187 e. The molecule has 2 N–H and O–H groups in total. The lowest BCUT2D eigenvalue weighted by atomic mass is 10.2. The van der Waals surface area contributed by atoms with Crippen LogP contribution in [0.4, 0.5) is 5.69 Å². The van der Waals surface area contributed by atoms with Gasteiger partial charge in [0.2, 0.25) is 0 Å². The van der Waals surface area contributed by atoms with Gasteiger partial charge in [0, 0.05) is 6.20 Å². The van der Waals surface area contributed by atoms with Crippen LogP contribution in [0.5, 0.6) is 0 Å². The van der Waals surface area contributed by atoms with Crippen LogP contribution in [0.1, 0.15) is 0 Å². The maximum absolute atomic E-state index is 6.81. The Morgan fingerprint density at radius 2 is 2.17 bits per heavy atom. The third-order valence-electron chi connectivity index (χ3n) is 1.83. The summed E-state index contributed by atoms with van der Waals surface area (Å²) in [5.74, 6) is 5.61. The highest BCUT2D eigenvalue weighted by atomic mass is 15.3. The molecule has 0 aliphatic carbocycles. The van der Waals surface area contributed by atoms with Crippen LogP contribution in [-0.4, -0.2) is 4.68 Å². The molecule has 0 spiro atoms. The average Bonchev–Trinajstić information content (AvgIpc) is 2.47. The average molecular weight is 157 g/mol. The van der Waals surface area contributed by atoms with Crippen molar-refractivity contribution in [3.05, 3.63) is 41.9 Å². The van der Waals surface area contributed by atoms with Crippen molar-refractivity contribution in [2.45, 2.75) is 0 Å². The van der Waals surface area contributed by atoms with E-state index in [1.165, 1.54) is 0 Å². The van der Waals surface area contributed by atoms with E-state index in [-0.39, 0.29) is 0 Å². The summed E-state index contributed by atoms with van der Waals surface area (Å²) < 4.78 is 1.54. The van der Waals surface area contributed by atoms with E-state index < -0.39 is 0 Å². The molecule has 1 aromatic heterocycles. The molecule has 0 unspecified atom stereocenters. The molecule has 3 nitrogen and oxygen atoms in total. The van der Waals surface area contributed by atoms with Crippen molar-refractivity contribution in [1.29, 1.82) is 0 Å². The van der Waals surface area contributed by atoms with Gasteiger partial charge in [-0.3, -0.25) is 4.68 Å². The zero-order valence-electron chi connectivity index (χ0n) is 6.36. The van der Waals surface area contributed by atoms with Gasteiger partial charge in [-0.05, 0) is 23.6 Å². The first kappa shape index (κ1) is 6.74. The Morgan fingerprint density at radius 3 is 2.92 bits per heavy atom. The van der Waals surface area contributed by atoms with Crippen molar-refractivity contribution in [2.75, 3.05) is 5.84 Å². The number of fused-ring (bicyclic) bond motifs is 1. The predicted molar refractivity (Wildman–Crippen MR) is 48.4 cm³/mol. The summed E-state index contributed by atoms with van der Waals surface area (Å²) in [6.45, 7) is 6.81. The van der Waals surface area contributed by atoms with Crippen LogP contribution in [0.15, 0.2) is 30.5 Å². The molecular formula is C9H7N3. The number of rotatable bonds is 0. The predicted octanol–water partition coefficient (Wildman–Crippen LogP) is 1.91. The Labute approximate surface area is 69.8 Å². The van der Waals surface area contributed by atoms with Gasteiger partial charge in [-0.15, -0.1) is 0 Å². The fourth-order valence-corrected chi connectivity index (χ4v) is 1.22. The summed E-state index contributed by atoms with van der Waals surface area (Å²) in [6, 6.07) is 7.33. The van der Waals surface area contributed by atoms with Crippen molar-refractivity contribution in [3.63, 3.8) is 0 Å². The fraction of sp³-hybridized carbons (Fsp3) is 0. The van der Waals surface area contributed by atoms with Crippen molar-refractivity contribution < 1.29 is 0 Å². The highest BCUT2D eigenvalue weighted by molar-refractivity contribution is 5.83. The zero-order valence-corrected chi connectivity index (χ0v) is 6.36. The molecule has 0 bridgehead atoms. The first-order valence-corrected chi connectivity index (χ1v) is 3.55. The largest absolute Gasteiger partial charge is 0.339 e. The van der Waals surface area contributed by atoms with Crippen molar-refractivity contribution in [1.82, 2.24) is 4.68 Å². The molecule has 3 heteroatoms. The number of hydrogen-bond acceptors (Lipinski definition) is 1. The van der Waals surface area contributed by atoms with Gasteiger partial charge in [0.05, 0.1) is 12.1 Å². The first-order valence-electron chi connectivity index (χ1n) is 3.55. The molecule has 2 rings (SSSR count). The van der Waals surface area contributed by atoms with E-state index in [1.807, 2.05) is 18.2 Å². The summed E-state index contributed by atoms with van der Waals surface area (Å²) in [6.07, 6.45) is 1.78. The zero-order chi connectivity index (χ0) is 8.55. The molecule has 12 heavy (non-hydrogen) atoms. The van der Waals surface area contributed by atoms with Crippen molar-refractivity contribution in [3.8, 4) is 0 Å². The van der Waals surface area contributed by atoms with Crippen LogP contribution in [0.3, 0.4) is 0 Å². The molecule has 0 amide bonds. The number of aromatic nitrogens is 1. The van der Waals surface area contributed by atoms with Gasteiger partial charge in [0.15, 0.2) is 5.69 Å². The number of hydrogen-bond donors (Lipinski definition) is 1. The lowest BCUT2D eigenvalue weighted by Gasteiger charge is -1.95. The molecule has 2 aromatic rings. The lowest BCUT2D eigenvalue weighted by molar-refractivity contribution is 1.07. The fourth-order valence-electron chi connectivity index (χ4n) is 1.22. The third kappa shape index (κ3) is 0.823. The van der Waals surface area contributed by atoms with E-state index in [0.29, 0.717) is 5.69 Å². The lowest BCUT2D eigenvalue weighted by Crippen LogP contribution is -2.04. The summed E-state index contributed by atoms with van der Waals surface area (Å²) >= 11 is 0. The smallest absolute Gasteiger partial charge is 0.187 e. The van der Waals surface area contributed by atoms with Crippen LogP contribution < -0.4 is 5.84 Å². The molecule has 0 aliphatic rings. The van der Waals surface area contributed by atoms with Gasteiger partial charge < -0.3 is 5.84 Å². The molecule has 0 fully saturated rings. The minimum absolute atomic E-state index is 0.647. The minimum Gasteiger partial charge on any atom is -0.339 e. The number of nitrogens with zero attached hydrogens (tertiary/aromatic N) is 2. The summed E-state index contributed by atoms with van der Waals surface area (Å²) in [4.78, 5) is 3.33. The van der Waals surface area contributed by atoms with Crippen LogP contribution in [0.2, 0.25) is 0 Å². The van der Waals surface area contributed by atoms with E-state index in [1.54, 1.807) is 16.9 Å². The van der Waals surface area contributed by atoms with E-state index in [9.17, 15) is 0 Å². The van der Waals surface area contributed by atoms with E-state index in [0.717, 1.165) is 10.9 Å². The molecule has 1 heterocycles. The van der Waals surface area contributed by atoms with Gasteiger partial charge in [-0.25, -0.2) is 4.85 Å². The summed E-state index contributed by atoms with van der Waals surface area (Å²) in [5.41, 5.74) is 1.59. The molecule has 0 saturated heterocycles. The van der Waals surface area contributed by atoms with E-state index in [2.05, 4.69) is 4.85 Å². The van der Waals surface area contributed by atoms with Gasteiger partial charge in [-0.2, -0.15) is 0 Å². The van der Waals surface area contributed by atoms with Crippen LogP contribution in [0, 0.1) is 6.57 Å². The molecule has 0 atom stereocenters. The second kappa shape index (κ2) is 2.28. The summed E-state index contributed by atoms with van der Waals surface area (Å²) in [5, 5.41) is 1.01. The Balaban J connectivity index is 2.80. The molecule has 0 saturated carbocycles. The summed E-state index contributed by atoms with van der Waals surface area (Å²) in [7, 11) is 0. The molecule has 58 valence electrons. The van der Waals surface area contributed by atoms with Crippen molar-refractivity contribution >= 4 is 16.6 Å². The Hall–Kier alpha value is -1.95. The SMILES string of the molecule is [C-]#[N+]c1ccc2c(ccn2N)c1. The number of benzene rings is 1. The standard InChI is InChI=1S/C9H7N3/c1-11-8-2-3-9-7(6-8)4-5-12(9)10/h2-6H,10H2.